The summed E-state index contributed by atoms with van der Waals surface area (Å²) >= 11 is 0. The molecular weight excluding hydrogens is 226 g/mol. The van der Waals surface area contributed by atoms with E-state index in [0.717, 1.165) is 25.3 Å². The number of likely N-dealkylation sites (tertiary alicyclic amines) is 1. The number of amides is 1. The second kappa shape index (κ2) is 5.38. The molecule has 0 bridgehead atoms. The molecule has 1 aliphatic rings. The van der Waals surface area contributed by atoms with Crippen molar-refractivity contribution in [3.05, 3.63) is 23.9 Å². The van der Waals surface area contributed by atoms with Crippen LogP contribution in [0.25, 0.3) is 0 Å². The molecule has 1 fully saturated rings. The number of nitrogens with zero attached hydrogens (tertiary/aromatic N) is 2. The average Bonchev–Trinajstić information content (AvgIpc) is 2.69. The summed E-state index contributed by atoms with van der Waals surface area (Å²) < 4.78 is 0. The zero-order chi connectivity index (χ0) is 13.1. The number of hydrogen-bond acceptors (Lipinski definition) is 3. The van der Waals surface area contributed by atoms with Crippen LogP contribution < -0.4 is 5.32 Å². The maximum atomic E-state index is 12.3. The lowest BCUT2D eigenvalue weighted by Gasteiger charge is -2.21. The fourth-order valence-electron chi connectivity index (χ4n) is 2.55. The van der Waals surface area contributed by atoms with Crippen LogP contribution in [0, 0.1) is 5.92 Å². The Labute approximate surface area is 108 Å². The Kier molecular flexibility index (Phi) is 3.84. The maximum Gasteiger partial charge on any atom is 0.255 e. The SMILES string of the molecule is CCNc1ccc(C(=O)N2CC(C)CC2C)cn1. The third-order valence-electron chi connectivity index (χ3n) is 3.41. The van der Waals surface area contributed by atoms with Crippen LogP contribution in [0.15, 0.2) is 18.3 Å². The Morgan fingerprint density at radius 2 is 2.28 bits per heavy atom. The van der Waals surface area contributed by atoms with E-state index in [4.69, 9.17) is 0 Å². The van der Waals surface area contributed by atoms with Gasteiger partial charge in [-0.3, -0.25) is 4.79 Å². The van der Waals surface area contributed by atoms with E-state index in [1.807, 2.05) is 24.0 Å². The van der Waals surface area contributed by atoms with Gasteiger partial charge >= 0.3 is 0 Å². The van der Waals surface area contributed by atoms with Crippen LogP contribution in [0.3, 0.4) is 0 Å². The largest absolute Gasteiger partial charge is 0.370 e. The monoisotopic (exact) mass is 247 g/mol. The summed E-state index contributed by atoms with van der Waals surface area (Å²) in [6.45, 7) is 8.02. The normalized spacial score (nSPS) is 23.2. The number of anilines is 1. The maximum absolute atomic E-state index is 12.3. The van der Waals surface area contributed by atoms with Crippen molar-refractivity contribution in [3.8, 4) is 0 Å². The van der Waals surface area contributed by atoms with Gasteiger partial charge in [-0.05, 0) is 38.3 Å². The van der Waals surface area contributed by atoms with Crippen molar-refractivity contribution in [2.45, 2.75) is 33.2 Å². The summed E-state index contributed by atoms with van der Waals surface area (Å²) in [4.78, 5) is 18.5. The Morgan fingerprint density at radius 3 is 2.78 bits per heavy atom. The van der Waals surface area contributed by atoms with E-state index in [9.17, 15) is 4.79 Å². The van der Waals surface area contributed by atoms with Crippen molar-refractivity contribution in [2.24, 2.45) is 5.92 Å². The fourth-order valence-corrected chi connectivity index (χ4v) is 2.55. The van der Waals surface area contributed by atoms with Crippen LogP contribution in [0.4, 0.5) is 5.82 Å². The van der Waals surface area contributed by atoms with Gasteiger partial charge in [-0.25, -0.2) is 4.98 Å². The molecule has 18 heavy (non-hydrogen) atoms. The minimum absolute atomic E-state index is 0.0994. The van der Waals surface area contributed by atoms with Crippen molar-refractivity contribution in [3.63, 3.8) is 0 Å². The number of aromatic nitrogens is 1. The van der Waals surface area contributed by atoms with Crippen LogP contribution >= 0.6 is 0 Å². The summed E-state index contributed by atoms with van der Waals surface area (Å²) in [7, 11) is 0. The fraction of sp³-hybridized carbons (Fsp3) is 0.571. The Balaban J connectivity index is 2.09. The molecule has 0 radical (unpaired) electrons. The Hall–Kier alpha value is -1.58. The van der Waals surface area contributed by atoms with Gasteiger partial charge in [0.25, 0.3) is 5.91 Å². The van der Waals surface area contributed by atoms with E-state index >= 15 is 0 Å². The van der Waals surface area contributed by atoms with Gasteiger partial charge in [0.1, 0.15) is 5.82 Å². The van der Waals surface area contributed by atoms with Crippen LogP contribution in [0.1, 0.15) is 37.6 Å². The highest BCUT2D eigenvalue weighted by Crippen LogP contribution is 2.24. The second-order valence-electron chi connectivity index (χ2n) is 5.11. The highest BCUT2D eigenvalue weighted by Gasteiger charge is 2.30. The van der Waals surface area contributed by atoms with Gasteiger partial charge in [-0.15, -0.1) is 0 Å². The standard InChI is InChI=1S/C14H21N3O/c1-4-15-13-6-5-12(8-16-13)14(18)17-9-10(2)7-11(17)3/h5-6,8,10-11H,4,7,9H2,1-3H3,(H,15,16). The molecule has 4 heteroatoms. The van der Waals surface area contributed by atoms with E-state index in [1.54, 1.807) is 6.20 Å². The van der Waals surface area contributed by atoms with E-state index in [2.05, 4.69) is 24.1 Å². The number of rotatable bonds is 3. The van der Waals surface area contributed by atoms with Crippen molar-refractivity contribution in [1.29, 1.82) is 0 Å². The van der Waals surface area contributed by atoms with Gasteiger partial charge in [0.2, 0.25) is 0 Å². The molecule has 2 heterocycles. The summed E-state index contributed by atoms with van der Waals surface area (Å²) in [5.74, 6) is 1.51. The number of hydrogen-bond donors (Lipinski definition) is 1. The van der Waals surface area contributed by atoms with Crippen LogP contribution in [-0.2, 0) is 0 Å². The highest BCUT2D eigenvalue weighted by atomic mass is 16.2. The van der Waals surface area contributed by atoms with Gasteiger partial charge < -0.3 is 10.2 Å². The smallest absolute Gasteiger partial charge is 0.255 e. The summed E-state index contributed by atoms with van der Waals surface area (Å²) in [6, 6.07) is 4.05. The minimum atomic E-state index is 0.0994. The molecule has 4 nitrogen and oxygen atoms in total. The molecule has 0 saturated carbocycles. The molecule has 2 rings (SSSR count). The van der Waals surface area contributed by atoms with Crippen LogP contribution in [0.2, 0.25) is 0 Å². The third kappa shape index (κ3) is 2.63. The lowest BCUT2D eigenvalue weighted by atomic mass is 10.1. The predicted molar refractivity (Wildman–Crippen MR) is 72.7 cm³/mol. The zero-order valence-corrected chi connectivity index (χ0v) is 11.3. The molecular formula is C14H21N3O. The van der Waals surface area contributed by atoms with Gasteiger partial charge in [-0.1, -0.05) is 6.92 Å². The molecule has 1 saturated heterocycles. The first kappa shape index (κ1) is 12.9. The minimum Gasteiger partial charge on any atom is -0.370 e. The van der Waals surface area contributed by atoms with Gasteiger partial charge in [0, 0.05) is 25.3 Å². The van der Waals surface area contributed by atoms with Crippen molar-refractivity contribution in [2.75, 3.05) is 18.4 Å². The number of nitrogens with one attached hydrogen (secondary N) is 1. The first-order valence-corrected chi connectivity index (χ1v) is 6.62. The van der Waals surface area contributed by atoms with E-state index in [0.29, 0.717) is 17.5 Å². The molecule has 0 aliphatic carbocycles. The molecule has 2 unspecified atom stereocenters. The number of carbonyl (C=O) groups is 1. The Morgan fingerprint density at radius 1 is 1.50 bits per heavy atom. The number of pyridine rings is 1. The molecule has 0 aromatic carbocycles. The van der Waals surface area contributed by atoms with Crippen molar-refractivity contribution in [1.82, 2.24) is 9.88 Å². The molecule has 98 valence electrons. The molecule has 1 aliphatic heterocycles. The molecule has 2 atom stereocenters. The van der Waals surface area contributed by atoms with Gasteiger partial charge in [0.15, 0.2) is 0 Å². The molecule has 1 amide bonds. The lowest BCUT2D eigenvalue weighted by Crippen LogP contribution is -2.34. The first-order valence-electron chi connectivity index (χ1n) is 6.62. The Bertz CT molecular complexity index is 416. The lowest BCUT2D eigenvalue weighted by molar-refractivity contribution is 0.0743. The van der Waals surface area contributed by atoms with E-state index in [-0.39, 0.29) is 5.91 Å². The van der Waals surface area contributed by atoms with Crippen molar-refractivity contribution >= 4 is 11.7 Å². The van der Waals surface area contributed by atoms with E-state index in [1.165, 1.54) is 0 Å². The zero-order valence-electron chi connectivity index (χ0n) is 11.3. The molecule has 1 aromatic rings. The van der Waals surface area contributed by atoms with Crippen LogP contribution in [0.5, 0.6) is 0 Å². The average molecular weight is 247 g/mol. The predicted octanol–water partition coefficient (Wildman–Crippen LogP) is 2.38. The highest BCUT2D eigenvalue weighted by molar-refractivity contribution is 5.94. The third-order valence-corrected chi connectivity index (χ3v) is 3.41. The summed E-state index contributed by atoms with van der Waals surface area (Å²) in [5, 5.41) is 3.12. The quantitative estimate of drug-likeness (QED) is 0.892. The second-order valence-corrected chi connectivity index (χ2v) is 5.11. The first-order chi connectivity index (χ1) is 8.61. The van der Waals surface area contributed by atoms with Crippen molar-refractivity contribution < 1.29 is 4.79 Å². The summed E-state index contributed by atoms with van der Waals surface area (Å²) in [5.41, 5.74) is 0.678. The molecule has 1 aromatic heterocycles. The number of carbonyl (C=O) groups excluding carboxylic acids is 1. The van der Waals surface area contributed by atoms with Gasteiger partial charge in [-0.2, -0.15) is 0 Å². The topological polar surface area (TPSA) is 45.2 Å². The van der Waals surface area contributed by atoms with Gasteiger partial charge in [0.05, 0.1) is 5.56 Å². The van der Waals surface area contributed by atoms with Crippen LogP contribution in [-0.4, -0.2) is 34.9 Å². The molecule has 0 spiro atoms. The summed E-state index contributed by atoms with van der Waals surface area (Å²) in [6.07, 6.45) is 2.75. The molecule has 1 N–H and O–H groups in total. The van der Waals surface area contributed by atoms with E-state index < -0.39 is 0 Å².